The minimum absolute atomic E-state index is 0.144. The Morgan fingerprint density at radius 2 is 1.34 bits per heavy atom. The van der Waals surface area contributed by atoms with Crippen molar-refractivity contribution in [2.45, 2.75) is 38.6 Å². The van der Waals surface area contributed by atoms with E-state index >= 15 is 0 Å². The number of halogens is 5. The number of rotatable bonds is 9. The normalized spacial score (nSPS) is 14.1. The summed E-state index contributed by atoms with van der Waals surface area (Å²) in [5.41, 5.74) is -3.97. The molecule has 14 heteroatoms. The molecule has 2 N–H and O–H groups in total. The number of hydrogen-bond acceptors (Lipinski definition) is 6. The fourth-order valence-corrected chi connectivity index (χ4v) is 5.20. The van der Waals surface area contributed by atoms with Crippen molar-refractivity contribution < 1.29 is 54.3 Å². The second kappa shape index (κ2) is 10.9. The number of alkyl halides is 5. The van der Waals surface area contributed by atoms with Crippen LogP contribution in [0.5, 0.6) is 11.5 Å². The number of hydrogen-bond donors (Lipinski definition) is 2. The molecule has 0 aliphatic rings. The molecular weight excluding hydrogens is 559 g/mol. The second-order valence-corrected chi connectivity index (χ2v) is 11.5. The van der Waals surface area contributed by atoms with Gasteiger partial charge in [-0.15, -0.1) is 0 Å². The third kappa shape index (κ3) is 6.43. The zero-order valence-electron chi connectivity index (χ0n) is 19.4. The van der Waals surface area contributed by atoms with Crippen LogP contribution in [0.1, 0.15) is 6.92 Å². The van der Waals surface area contributed by atoms with Crippen molar-refractivity contribution in [1.82, 2.24) is 0 Å². The van der Waals surface area contributed by atoms with Crippen LogP contribution in [0.4, 0.5) is 22.0 Å². The van der Waals surface area contributed by atoms with Crippen molar-refractivity contribution >= 4 is 27.0 Å². The van der Waals surface area contributed by atoms with Gasteiger partial charge in [0.15, 0.2) is 32.8 Å². The van der Waals surface area contributed by atoms with E-state index in [2.05, 4.69) is 0 Å². The average Bonchev–Trinajstić information content (AvgIpc) is 2.83. The van der Waals surface area contributed by atoms with Crippen LogP contribution in [0, 0.1) is 0 Å². The lowest BCUT2D eigenvalue weighted by Crippen LogP contribution is -2.51. The fourth-order valence-electron chi connectivity index (χ4n) is 2.89. The van der Waals surface area contributed by atoms with Crippen LogP contribution in [-0.4, -0.2) is 47.7 Å². The molecule has 3 aromatic rings. The summed E-state index contributed by atoms with van der Waals surface area (Å²) in [6, 6.07) is 21.0. The van der Waals surface area contributed by atoms with E-state index in [1.54, 1.807) is 60.7 Å². The lowest BCUT2D eigenvalue weighted by Gasteiger charge is -2.24. The molecule has 204 valence electrons. The number of benzene rings is 3. The van der Waals surface area contributed by atoms with E-state index < -0.39 is 62.1 Å². The molecule has 38 heavy (non-hydrogen) atoms. The first-order valence-electron chi connectivity index (χ1n) is 10.5. The minimum Gasteiger partial charge on any atom is -0.482 e. The van der Waals surface area contributed by atoms with Gasteiger partial charge in [-0.25, -0.2) is 4.79 Å². The number of carbonyl (C=O) groups excluding carboxylic acids is 1. The van der Waals surface area contributed by atoms with E-state index in [9.17, 15) is 40.3 Å². The zero-order valence-corrected chi connectivity index (χ0v) is 21.0. The Morgan fingerprint density at radius 3 is 1.79 bits per heavy atom. The number of carbonyl (C=O) groups is 1. The van der Waals surface area contributed by atoms with Gasteiger partial charge in [0.1, 0.15) is 0 Å². The van der Waals surface area contributed by atoms with Crippen molar-refractivity contribution in [2.75, 3.05) is 6.61 Å². The Labute approximate surface area is 216 Å². The molecule has 0 bridgehead atoms. The van der Waals surface area contributed by atoms with Gasteiger partial charge in [0.25, 0.3) is 5.60 Å². The standard InChI is InChI=1S/C24H19F5O7S2/c1-22(31,24(27,28)29)21(30)36-20-14-18(12-13-19(20)35-15-23(25,26)38(32,33)34)37(16-8-4-2-5-9-16)17-10-6-3-7-11-17/h2-14,31H,15H2,1H3/p+1. The third-order valence-corrected chi connectivity index (χ3v) is 8.12. The minimum atomic E-state index is -5.90. The average molecular weight is 580 g/mol. The molecule has 3 aromatic carbocycles. The summed E-state index contributed by atoms with van der Waals surface area (Å²) in [6.07, 6.45) is -5.45. The van der Waals surface area contributed by atoms with Crippen molar-refractivity contribution in [2.24, 2.45) is 0 Å². The Morgan fingerprint density at radius 1 is 0.842 bits per heavy atom. The monoisotopic (exact) mass is 579 g/mol. The van der Waals surface area contributed by atoms with E-state index in [1.807, 2.05) is 0 Å². The van der Waals surface area contributed by atoms with Gasteiger partial charge in [-0.05, 0) is 43.3 Å². The molecule has 0 fully saturated rings. The highest BCUT2D eigenvalue weighted by Crippen LogP contribution is 2.39. The predicted octanol–water partition coefficient (Wildman–Crippen LogP) is 4.86. The maximum Gasteiger partial charge on any atom is 0.427 e. The summed E-state index contributed by atoms with van der Waals surface area (Å²) in [6.45, 7) is -1.81. The molecule has 0 radical (unpaired) electrons. The second-order valence-electron chi connectivity index (χ2n) is 7.90. The van der Waals surface area contributed by atoms with Gasteiger partial charge >= 0.3 is 27.5 Å². The van der Waals surface area contributed by atoms with Gasteiger partial charge in [-0.3, -0.25) is 4.55 Å². The lowest BCUT2D eigenvalue weighted by molar-refractivity contribution is -0.252. The van der Waals surface area contributed by atoms with E-state index in [0.29, 0.717) is 4.90 Å². The molecule has 0 spiro atoms. The molecule has 0 saturated heterocycles. The van der Waals surface area contributed by atoms with Crippen molar-refractivity contribution in [3.63, 3.8) is 0 Å². The van der Waals surface area contributed by atoms with Crippen LogP contribution in [0.25, 0.3) is 0 Å². The first kappa shape index (κ1) is 29.4. The summed E-state index contributed by atoms with van der Waals surface area (Å²) < 4.78 is 107. The van der Waals surface area contributed by atoms with Crippen LogP contribution in [0.3, 0.4) is 0 Å². The molecule has 0 amide bonds. The highest BCUT2D eigenvalue weighted by atomic mass is 32.2. The molecule has 3 rings (SSSR count). The zero-order chi connectivity index (χ0) is 28.4. The van der Waals surface area contributed by atoms with E-state index in [-0.39, 0.29) is 6.92 Å². The SMILES string of the molecule is CC(O)(C(=O)Oc1cc([S+](c2ccccc2)c2ccccc2)ccc1OCC(F)(F)S(=O)(=O)O)C(F)(F)F. The van der Waals surface area contributed by atoms with Gasteiger partial charge in [0.2, 0.25) is 0 Å². The summed E-state index contributed by atoms with van der Waals surface area (Å²) in [5, 5.41) is 4.91. The van der Waals surface area contributed by atoms with Crippen LogP contribution in [-0.2, 0) is 25.8 Å². The highest BCUT2D eigenvalue weighted by Gasteiger charge is 2.57. The maximum atomic E-state index is 13.7. The Bertz CT molecular complexity index is 1340. The van der Waals surface area contributed by atoms with Gasteiger partial charge in [-0.1, -0.05) is 36.4 Å². The molecule has 0 aliphatic carbocycles. The van der Waals surface area contributed by atoms with Crippen molar-refractivity contribution in [3.8, 4) is 11.5 Å². The van der Waals surface area contributed by atoms with Gasteiger partial charge in [-0.2, -0.15) is 30.4 Å². The number of esters is 1. The maximum absolute atomic E-state index is 13.7. The molecule has 0 aliphatic heterocycles. The summed E-state index contributed by atoms with van der Waals surface area (Å²) in [5.74, 6) is -3.73. The van der Waals surface area contributed by atoms with E-state index in [0.717, 1.165) is 21.9 Å². The van der Waals surface area contributed by atoms with Crippen LogP contribution in [0.2, 0.25) is 0 Å². The summed E-state index contributed by atoms with van der Waals surface area (Å²) >= 11 is 0. The molecular formula is C24H20F5O7S2+. The third-order valence-electron chi connectivity index (χ3n) is 5.03. The lowest BCUT2D eigenvalue weighted by atomic mass is 10.1. The summed E-state index contributed by atoms with van der Waals surface area (Å²) in [7, 11) is -6.84. The molecule has 0 aromatic heterocycles. The molecule has 0 heterocycles. The Balaban J connectivity index is 2.11. The van der Waals surface area contributed by atoms with Gasteiger partial charge in [0.05, 0.1) is 10.9 Å². The molecule has 1 atom stereocenters. The Hall–Kier alpha value is -3.20. The first-order chi connectivity index (χ1) is 17.5. The topological polar surface area (TPSA) is 110 Å². The van der Waals surface area contributed by atoms with Gasteiger partial charge in [0, 0.05) is 6.07 Å². The highest BCUT2D eigenvalue weighted by molar-refractivity contribution is 7.97. The summed E-state index contributed by atoms with van der Waals surface area (Å²) in [4.78, 5) is 14.1. The number of aliphatic hydroxyl groups is 1. The smallest absolute Gasteiger partial charge is 0.427 e. The molecule has 0 saturated carbocycles. The van der Waals surface area contributed by atoms with Crippen molar-refractivity contribution in [1.29, 1.82) is 0 Å². The van der Waals surface area contributed by atoms with E-state index in [1.165, 1.54) is 6.07 Å². The van der Waals surface area contributed by atoms with E-state index in [4.69, 9.17) is 14.0 Å². The van der Waals surface area contributed by atoms with Crippen LogP contribution < -0.4 is 9.47 Å². The molecule has 1 unspecified atom stereocenters. The predicted molar refractivity (Wildman–Crippen MR) is 126 cm³/mol. The van der Waals surface area contributed by atoms with Crippen LogP contribution >= 0.6 is 0 Å². The Kier molecular flexibility index (Phi) is 8.41. The van der Waals surface area contributed by atoms with Crippen molar-refractivity contribution in [3.05, 3.63) is 78.9 Å². The quantitative estimate of drug-likeness (QED) is 0.123. The molecule has 7 nitrogen and oxygen atoms in total. The first-order valence-corrected chi connectivity index (χ1v) is 13.2. The number of ether oxygens (including phenoxy) is 2. The van der Waals surface area contributed by atoms with Gasteiger partial charge < -0.3 is 14.6 Å². The van der Waals surface area contributed by atoms with Crippen LogP contribution in [0.15, 0.2) is 93.5 Å². The largest absolute Gasteiger partial charge is 0.482 e. The fraction of sp³-hybridized carbons (Fsp3) is 0.208.